The Hall–Kier alpha value is -2.37. The summed E-state index contributed by atoms with van der Waals surface area (Å²) in [6.45, 7) is 3.13. The van der Waals surface area contributed by atoms with Crippen LogP contribution in [-0.4, -0.2) is 37.2 Å². The first kappa shape index (κ1) is 12.2. The molecular weight excluding hydrogens is 276 g/mol. The van der Waals surface area contributed by atoms with Crippen LogP contribution in [0.25, 0.3) is 5.52 Å². The third kappa shape index (κ3) is 1.98. The molecule has 3 aromatic heterocycles. The summed E-state index contributed by atoms with van der Waals surface area (Å²) < 4.78 is 4.14. The Labute approximate surface area is 128 Å². The second-order valence-electron chi connectivity index (χ2n) is 6.45. The predicted octanol–water partition coefficient (Wildman–Crippen LogP) is 1.94. The number of hydrogen-bond acceptors (Lipinski definition) is 4. The fourth-order valence-electron chi connectivity index (χ4n) is 3.30. The summed E-state index contributed by atoms with van der Waals surface area (Å²) in [5, 5.41) is 4.69. The molecule has 1 aliphatic heterocycles. The van der Waals surface area contributed by atoms with Gasteiger partial charge in [0.2, 0.25) is 0 Å². The van der Waals surface area contributed by atoms with Crippen LogP contribution in [0.2, 0.25) is 0 Å². The van der Waals surface area contributed by atoms with Crippen molar-refractivity contribution in [2.45, 2.75) is 25.3 Å². The predicted molar refractivity (Wildman–Crippen MR) is 82.9 cm³/mol. The second kappa shape index (κ2) is 4.56. The van der Waals surface area contributed by atoms with E-state index in [1.807, 2.05) is 35.6 Å². The molecule has 3 aromatic rings. The van der Waals surface area contributed by atoms with Crippen LogP contribution >= 0.6 is 0 Å². The highest BCUT2D eigenvalue weighted by atomic mass is 15.3. The van der Waals surface area contributed by atoms with Crippen molar-refractivity contribution in [3.05, 3.63) is 42.9 Å². The Balaban J connectivity index is 1.36. The molecule has 0 amide bonds. The minimum Gasteiger partial charge on any atom is -0.354 e. The van der Waals surface area contributed by atoms with Crippen molar-refractivity contribution in [1.29, 1.82) is 0 Å². The normalized spacial score (nSPS) is 18.8. The van der Waals surface area contributed by atoms with Crippen LogP contribution in [0.3, 0.4) is 0 Å². The zero-order valence-electron chi connectivity index (χ0n) is 12.3. The van der Waals surface area contributed by atoms with E-state index < -0.39 is 0 Å². The summed E-state index contributed by atoms with van der Waals surface area (Å²) in [5.74, 6) is 2.42. The maximum Gasteiger partial charge on any atom is 0.154 e. The van der Waals surface area contributed by atoms with Gasteiger partial charge in [0.1, 0.15) is 5.52 Å². The van der Waals surface area contributed by atoms with Gasteiger partial charge in [0.25, 0.3) is 0 Å². The van der Waals surface area contributed by atoms with Gasteiger partial charge in [-0.25, -0.2) is 14.5 Å². The Morgan fingerprint density at radius 3 is 2.82 bits per heavy atom. The Morgan fingerprint density at radius 2 is 2.05 bits per heavy atom. The lowest BCUT2D eigenvalue weighted by Gasteiger charge is -2.40. The van der Waals surface area contributed by atoms with E-state index in [1.54, 1.807) is 0 Å². The number of nitrogens with zero attached hydrogens (tertiary/aromatic N) is 6. The molecule has 1 aliphatic carbocycles. The second-order valence-corrected chi connectivity index (χ2v) is 6.45. The lowest BCUT2D eigenvalue weighted by atomic mass is 10.00. The molecule has 112 valence electrons. The van der Waals surface area contributed by atoms with Crippen molar-refractivity contribution < 1.29 is 0 Å². The maximum atomic E-state index is 4.69. The van der Waals surface area contributed by atoms with Crippen LogP contribution in [0, 0.1) is 5.92 Å². The van der Waals surface area contributed by atoms with Crippen LogP contribution in [0.5, 0.6) is 0 Å². The van der Waals surface area contributed by atoms with Gasteiger partial charge in [0.15, 0.2) is 5.82 Å². The molecule has 0 atom stereocenters. The number of fused-ring (bicyclic) bond motifs is 1. The zero-order chi connectivity index (χ0) is 14.5. The topological polar surface area (TPSA) is 51.2 Å². The maximum absolute atomic E-state index is 4.69. The molecule has 0 radical (unpaired) electrons. The van der Waals surface area contributed by atoms with Crippen molar-refractivity contribution >= 4 is 11.3 Å². The quantitative estimate of drug-likeness (QED) is 0.738. The van der Waals surface area contributed by atoms with Crippen molar-refractivity contribution in [3.8, 4) is 0 Å². The number of aromatic nitrogens is 5. The fourth-order valence-corrected chi connectivity index (χ4v) is 3.30. The summed E-state index contributed by atoms with van der Waals surface area (Å²) in [5.41, 5.74) is 2.37. The van der Waals surface area contributed by atoms with Crippen LogP contribution in [-0.2, 0) is 6.54 Å². The van der Waals surface area contributed by atoms with Crippen molar-refractivity contribution in [1.82, 2.24) is 24.1 Å². The van der Waals surface area contributed by atoms with Crippen molar-refractivity contribution in [3.63, 3.8) is 0 Å². The minimum absolute atomic E-state index is 0.669. The number of rotatable bonds is 4. The van der Waals surface area contributed by atoms with E-state index in [9.17, 15) is 0 Å². The van der Waals surface area contributed by atoms with Gasteiger partial charge in [0, 0.05) is 56.3 Å². The summed E-state index contributed by atoms with van der Waals surface area (Å²) in [7, 11) is 0. The van der Waals surface area contributed by atoms with Gasteiger partial charge < -0.3 is 9.47 Å². The first-order chi connectivity index (χ1) is 10.9. The molecular formula is C16H18N6. The number of imidazole rings is 1. The molecule has 0 spiro atoms. The van der Waals surface area contributed by atoms with Crippen molar-refractivity contribution in [2.24, 2.45) is 5.92 Å². The molecule has 2 fully saturated rings. The number of hydrogen-bond donors (Lipinski definition) is 0. The van der Waals surface area contributed by atoms with Gasteiger partial charge in [-0.15, -0.1) is 0 Å². The highest BCUT2D eigenvalue weighted by Crippen LogP contribution is 2.40. The highest BCUT2D eigenvalue weighted by molar-refractivity contribution is 5.70. The molecule has 1 saturated carbocycles. The molecule has 5 rings (SSSR count). The van der Waals surface area contributed by atoms with Gasteiger partial charge in [-0.2, -0.15) is 5.10 Å². The van der Waals surface area contributed by atoms with Crippen LogP contribution in [0.1, 0.15) is 24.5 Å². The molecule has 2 aliphatic rings. The van der Waals surface area contributed by atoms with E-state index in [4.69, 9.17) is 5.10 Å². The third-order valence-electron chi connectivity index (χ3n) is 4.67. The molecule has 0 unspecified atom stereocenters. The lowest BCUT2D eigenvalue weighted by molar-refractivity contribution is 0.355. The van der Waals surface area contributed by atoms with Crippen LogP contribution in [0.15, 0.2) is 37.2 Å². The third-order valence-corrected chi connectivity index (χ3v) is 4.67. The largest absolute Gasteiger partial charge is 0.354 e. The monoisotopic (exact) mass is 294 g/mol. The summed E-state index contributed by atoms with van der Waals surface area (Å²) in [6.07, 6.45) is 12.1. The van der Waals surface area contributed by atoms with Crippen molar-refractivity contribution in [2.75, 3.05) is 18.0 Å². The van der Waals surface area contributed by atoms with E-state index in [0.29, 0.717) is 11.8 Å². The average Bonchev–Trinajstić information content (AvgIpc) is 3.04. The first-order valence-electron chi connectivity index (χ1n) is 7.92. The molecule has 1 saturated heterocycles. The van der Waals surface area contributed by atoms with Gasteiger partial charge in [0.05, 0.1) is 12.0 Å². The van der Waals surface area contributed by atoms with E-state index in [1.165, 1.54) is 18.5 Å². The summed E-state index contributed by atoms with van der Waals surface area (Å²) in [6, 6.07) is 2.23. The lowest BCUT2D eigenvalue weighted by Crippen LogP contribution is -2.49. The Kier molecular flexibility index (Phi) is 2.53. The first-order valence-corrected chi connectivity index (χ1v) is 7.92. The Bertz CT molecular complexity index is 795. The van der Waals surface area contributed by atoms with Gasteiger partial charge >= 0.3 is 0 Å². The molecule has 0 bridgehead atoms. The van der Waals surface area contributed by atoms with Crippen LogP contribution < -0.4 is 4.90 Å². The molecule has 22 heavy (non-hydrogen) atoms. The average molecular weight is 294 g/mol. The minimum atomic E-state index is 0.669. The molecule has 0 aromatic carbocycles. The van der Waals surface area contributed by atoms with E-state index in [-0.39, 0.29) is 0 Å². The molecule has 4 heterocycles. The SMILES string of the molecule is c1cn(CC2CN(c3nccn4nc(C5CC5)cc34)C2)cn1. The van der Waals surface area contributed by atoms with Gasteiger partial charge in [-0.1, -0.05) is 0 Å². The van der Waals surface area contributed by atoms with E-state index >= 15 is 0 Å². The highest BCUT2D eigenvalue weighted by Gasteiger charge is 2.31. The van der Waals surface area contributed by atoms with Gasteiger partial charge in [-0.3, -0.25) is 0 Å². The summed E-state index contributed by atoms with van der Waals surface area (Å²) in [4.78, 5) is 11.1. The molecule has 6 heteroatoms. The standard InChI is InChI=1S/C16H18N6/c1-2-13(1)14-7-15-16(18-4-6-22(15)19-14)21-9-12(10-21)8-20-5-3-17-11-20/h3-7,11-13H,1-2,8-10H2. The fraction of sp³-hybridized carbons (Fsp3) is 0.438. The smallest absolute Gasteiger partial charge is 0.154 e. The summed E-state index contributed by atoms with van der Waals surface area (Å²) >= 11 is 0. The van der Waals surface area contributed by atoms with E-state index in [2.05, 4.69) is 25.5 Å². The number of anilines is 1. The van der Waals surface area contributed by atoms with Gasteiger partial charge in [-0.05, 0) is 18.9 Å². The molecule has 6 nitrogen and oxygen atoms in total. The van der Waals surface area contributed by atoms with E-state index in [0.717, 1.165) is 31.0 Å². The Morgan fingerprint density at radius 1 is 1.14 bits per heavy atom. The zero-order valence-corrected chi connectivity index (χ0v) is 12.3. The molecule has 0 N–H and O–H groups in total. The van der Waals surface area contributed by atoms with Crippen LogP contribution in [0.4, 0.5) is 5.82 Å².